The Morgan fingerprint density at radius 2 is 0.780 bits per heavy atom. The fraction of sp³-hybridized carbons (Fsp3) is 0.704. The van der Waals surface area contributed by atoms with Crippen LogP contribution in [0.25, 0.3) is 0 Å². The first-order chi connectivity index (χ1) is 52.3. The maximum Gasteiger partial charge on any atom is 0.330 e. The van der Waals surface area contributed by atoms with Crippen molar-refractivity contribution in [1.82, 2.24) is 33.8 Å². The number of aromatic nitrogens is 4. The average molecular weight is 1540 g/mol. The van der Waals surface area contributed by atoms with Crippen LogP contribution in [0.5, 0.6) is 0 Å². The summed E-state index contributed by atoms with van der Waals surface area (Å²) in [7, 11) is 0. The third-order valence-corrected chi connectivity index (χ3v) is 23.1. The Hall–Kier alpha value is -7.13. The Morgan fingerprint density at radius 3 is 1.17 bits per heavy atom. The van der Waals surface area contributed by atoms with E-state index in [1.165, 1.54) is 80.3 Å². The molecule has 0 unspecified atom stereocenters. The maximum atomic E-state index is 12.2. The third kappa shape index (κ3) is 14.8. The molecule has 18 rings (SSSR count). The van der Waals surface area contributed by atoms with E-state index in [2.05, 4.69) is 9.97 Å². The number of aliphatic hydroxyl groups is 7. The smallest absolute Gasteiger partial charge is 0.330 e. The van der Waals surface area contributed by atoms with Crippen LogP contribution in [0.3, 0.4) is 0 Å². The van der Waals surface area contributed by atoms with E-state index in [0.29, 0.717) is 12.7 Å². The van der Waals surface area contributed by atoms with E-state index in [9.17, 15) is 83.4 Å². The number of nitrogens with one attached hydrogen (secondary N) is 2. The van der Waals surface area contributed by atoms with Gasteiger partial charge in [-0.25, -0.2) is 9.59 Å². The van der Waals surface area contributed by atoms with Gasteiger partial charge in [-0.15, -0.1) is 0 Å². The number of hydrogen-bond acceptors (Lipinski definition) is 31. The van der Waals surface area contributed by atoms with Crippen molar-refractivity contribution in [2.75, 3.05) is 33.0 Å². The number of allylic oxidation sites excluding steroid dienone is 3. The Balaban J connectivity index is 0.000000114. The molecule has 2 aromatic rings. The standard InChI is InChI=1S/C16H22N2O6.C15H20N2O7.C15H19NO6.C15H17NO6.C10H13NO6/c1-2-15(9-19)12-11(22-16(23-12)6-3-4-7-16)13(24-15)18-8-5-10(20)17-14(18)21;18-7-14(8-19)11-10(22-15(23-11)4-1-2-5-15)12(24-14)17-6-3-9(20)16-13(17)21;2*17-8-10-12-13(22-15(21-12)4-1-2-5-15)14(20-10)16-6-3-9(18)7-11(16)19;12-4-6-8(15)9(16)10(17-6)11-2-1-5(13)3-7(11)14/h5,8,11-13,19H,2-4,6-7,9H2,1H3,(H,17,20,21);3,6,10-12,18-19H,1-2,4-5,7-8H2,(H,16,20,21);3,6,10,12-14,17H,1-2,4-5,7-8H2;3,6,8,10,12-14H,1-2,4-5,7H2;1-2,6,8-10,12,15-16H,3-4H2/t11-,12+,13-,15-;10-,11+,12-;2*10-,12-,13-,14-;6-,8-,9-,10-/m11111/s1. The molecule has 9 saturated heterocycles. The third-order valence-electron chi connectivity index (χ3n) is 23.1. The number of aldehydes is 1. The number of aromatic amines is 2. The first-order valence-electron chi connectivity index (χ1n) is 37.1. The summed E-state index contributed by atoms with van der Waals surface area (Å²) >= 11 is 0. The molecule has 3 amide bonds. The van der Waals surface area contributed by atoms with Gasteiger partial charge in [0.25, 0.3) is 11.1 Å². The highest BCUT2D eigenvalue weighted by atomic mass is 16.8. The van der Waals surface area contributed by atoms with Crippen molar-refractivity contribution in [1.29, 1.82) is 0 Å². The topological polar surface area (TPSA) is 501 Å². The highest BCUT2D eigenvalue weighted by Gasteiger charge is 2.68. The van der Waals surface area contributed by atoms with Crippen LogP contribution in [0.1, 0.15) is 148 Å². The highest BCUT2D eigenvalue weighted by molar-refractivity contribution is 6.07. The number of carbonyl (C=O) groups excluding carboxylic acids is 7. The van der Waals surface area contributed by atoms with Gasteiger partial charge in [-0.05, 0) is 76.0 Å². The first kappa shape index (κ1) is 78.6. The highest BCUT2D eigenvalue weighted by Crippen LogP contribution is 2.56. The number of aliphatic hydroxyl groups excluding tert-OH is 7. The molecule has 109 heavy (non-hydrogen) atoms. The summed E-state index contributed by atoms with van der Waals surface area (Å²) in [6.07, 6.45) is 12.7. The summed E-state index contributed by atoms with van der Waals surface area (Å²) in [6, 6.07) is 2.48. The SMILES string of the molecule is CC[C@]1(CO)O[C@@H](n2ccc(=O)[nH]c2=O)[C@@H]2OC3(CCCC3)O[C@@H]21.O=C1C=CN([C@@H]2O[C@H](CO)[C@@H](O)[C@H]2O)C(=O)C1.O=C1C=CN([C@@H]2O[C@H](CO)[C@H]3OC4(CCCC4)O[C@H]32)C(=O)C1.O=C[C@H]1O[C@@H](N2C=CC(=O)CC2=O)[C@@H]2OC3(CCCC3)O[C@@H]21.O=c1ccn([C@@H]2OC(CO)(CO)[C@H]3OC4(CCCC4)O[C@@H]23)c(=O)[nH]1. The second-order valence-corrected chi connectivity index (χ2v) is 29.9. The monoisotopic (exact) mass is 1540 g/mol. The minimum Gasteiger partial charge on any atom is -0.394 e. The molecule has 38 heteroatoms. The molecule has 38 nitrogen and oxygen atoms in total. The van der Waals surface area contributed by atoms with Gasteiger partial charge in [-0.1, -0.05) is 6.92 Å². The lowest BCUT2D eigenvalue weighted by Gasteiger charge is -2.33. The van der Waals surface area contributed by atoms with E-state index in [-0.39, 0.29) is 67.7 Å². The first-order valence-corrected chi connectivity index (χ1v) is 37.1. The fourth-order valence-electron chi connectivity index (χ4n) is 17.4. The van der Waals surface area contributed by atoms with Gasteiger partial charge in [0.1, 0.15) is 90.6 Å². The number of amides is 3. The van der Waals surface area contributed by atoms with E-state index >= 15 is 0 Å². The molecule has 16 aliphatic rings. The molecule has 596 valence electrons. The zero-order chi connectivity index (χ0) is 77.1. The fourth-order valence-corrected chi connectivity index (χ4v) is 17.4. The number of ketones is 3. The van der Waals surface area contributed by atoms with Crippen molar-refractivity contribution in [3.63, 3.8) is 0 Å². The van der Waals surface area contributed by atoms with Crippen LogP contribution < -0.4 is 22.5 Å². The van der Waals surface area contributed by atoms with Crippen LogP contribution in [0.15, 0.2) is 80.5 Å². The van der Waals surface area contributed by atoms with E-state index in [0.717, 1.165) is 108 Å². The molecule has 0 aromatic carbocycles. The molecule has 0 radical (unpaired) electrons. The molecular weight excluding hydrogens is 1450 g/mol. The lowest BCUT2D eigenvalue weighted by atomic mass is 9.93. The number of ether oxygens (including phenoxy) is 13. The van der Waals surface area contributed by atoms with Gasteiger partial charge in [-0.2, -0.15) is 0 Å². The Bertz CT molecular complexity index is 3960. The molecule has 4 spiro atoms. The van der Waals surface area contributed by atoms with Crippen LogP contribution in [-0.4, -0.2) is 276 Å². The summed E-state index contributed by atoms with van der Waals surface area (Å²) in [4.78, 5) is 136. The Kier molecular flexibility index (Phi) is 22.7. The average Bonchev–Trinajstić information content (AvgIpc) is 1.57. The molecule has 2 aromatic heterocycles. The van der Waals surface area contributed by atoms with Crippen LogP contribution in [0.4, 0.5) is 0 Å². The van der Waals surface area contributed by atoms with E-state index in [4.69, 9.17) is 66.7 Å². The summed E-state index contributed by atoms with van der Waals surface area (Å²) < 4.78 is 80.0. The van der Waals surface area contributed by atoms with Crippen LogP contribution >= 0.6 is 0 Å². The second-order valence-electron chi connectivity index (χ2n) is 29.9. The van der Waals surface area contributed by atoms with Crippen molar-refractivity contribution >= 4 is 41.4 Å². The number of fused-ring (bicyclic) bond motifs is 4. The van der Waals surface area contributed by atoms with Gasteiger partial charge in [0.15, 0.2) is 77.9 Å². The van der Waals surface area contributed by atoms with Gasteiger partial charge < -0.3 is 102 Å². The van der Waals surface area contributed by atoms with Gasteiger partial charge >= 0.3 is 11.4 Å². The largest absolute Gasteiger partial charge is 0.394 e. The summed E-state index contributed by atoms with van der Waals surface area (Å²) in [6.45, 7) is 0.0889. The minimum absolute atomic E-state index is 0.163. The van der Waals surface area contributed by atoms with Crippen molar-refractivity contribution in [2.45, 2.75) is 280 Å². The van der Waals surface area contributed by atoms with Gasteiger partial charge in [-0.3, -0.25) is 72.2 Å². The van der Waals surface area contributed by atoms with E-state index in [1.54, 1.807) is 0 Å². The molecule has 4 saturated carbocycles. The number of nitrogens with zero attached hydrogens (tertiary/aromatic N) is 5. The Morgan fingerprint density at radius 1 is 0.422 bits per heavy atom. The molecule has 0 bridgehead atoms. The van der Waals surface area contributed by atoms with E-state index < -0.39 is 187 Å². The second kappa shape index (κ2) is 31.4. The molecular formula is C71H91N7O31. The molecule has 9 N–H and O–H groups in total. The minimum atomic E-state index is -1.36. The molecule has 19 atom stereocenters. The van der Waals surface area contributed by atoms with Gasteiger partial charge in [0.2, 0.25) is 17.7 Å². The van der Waals surface area contributed by atoms with Crippen molar-refractivity contribution in [3.05, 3.63) is 103 Å². The lowest BCUT2D eigenvalue weighted by Crippen LogP contribution is -2.49. The van der Waals surface area contributed by atoms with Crippen molar-refractivity contribution < 1.29 is 131 Å². The van der Waals surface area contributed by atoms with Crippen LogP contribution in [0, 0.1) is 0 Å². The predicted molar refractivity (Wildman–Crippen MR) is 359 cm³/mol. The van der Waals surface area contributed by atoms with Crippen molar-refractivity contribution in [3.8, 4) is 0 Å². The summed E-state index contributed by atoms with van der Waals surface area (Å²) in [5.74, 6) is -4.57. The van der Waals surface area contributed by atoms with Crippen LogP contribution in [0.2, 0.25) is 0 Å². The number of carbonyl (C=O) groups is 7. The maximum absolute atomic E-state index is 12.2. The molecule has 4 aliphatic carbocycles. The quantitative estimate of drug-likeness (QED) is 0.0765. The van der Waals surface area contributed by atoms with E-state index in [1.807, 2.05) is 6.92 Å². The van der Waals surface area contributed by atoms with Gasteiger partial charge in [0, 0.05) is 94.5 Å². The Labute approximate surface area is 620 Å². The predicted octanol–water partition coefficient (Wildman–Crippen LogP) is -2.80. The molecule has 13 fully saturated rings. The summed E-state index contributed by atoms with van der Waals surface area (Å²) in [5, 5.41) is 67.2. The molecule has 14 heterocycles. The van der Waals surface area contributed by atoms with Crippen LogP contribution in [-0.2, 0) is 95.1 Å². The molecule has 12 aliphatic heterocycles. The van der Waals surface area contributed by atoms with Crippen molar-refractivity contribution in [2.24, 2.45) is 0 Å². The zero-order valence-corrected chi connectivity index (χ0v) is 59.6. The summed E-state index contributed by atoms with van der Waals surface area (Å²) in [5.41, 5.74) is -4.47. The number of rotatable bonds is 12. The number of H-pyrrole nitrogens is 2. The zero-order valence-electron chi connectivity index (χ0n) is 59.6. The lowest BCUT2D eigenvalue weighted by molar-refractivity contribution is -0.245. The normalized spacial score (nSPS) is 37.5. The van der Waals surface area contributed by atoms with Gasteiger partial charge in [0.05, 0.1) is 52.3 Å². The number of hydrogen-bond donors (Lipinski definition) is 9.